The lowest BCUT2D eigenvalue weighted by Crippen LogP contribution is -2.14. The van der Waals surface area contributed by atoms with Crippen LogP contribution < -0.4 is 5.32 Å². The molecule has 0 aliphatic carbocycles. The van der Waals surface area contributed by atoms with Crippen molar-refractivity contribution in [3.63, 3.8) is 0 Å². The van der Waals surface area contributed by atoms with Gasteiger partial charge in [0.1, 0.15) is 5.56 Å². The third kappa shape index (κ3) is 3.67. The molecule has 0 aliphatic heterocycles. The number of carbonyl (C=O) groups is 1. The maximum absolute atomic E-state index is 12.2. The van der Waals surface area contributed by atoms with Gasteiger partial charge in [0.05, 0.1) is 4.92 Å². The van der Waals surface area contributed by atoms with Gasteiger partial charge in [0.15, 0.2) is 0 Å². The molecule has 2 aromatic carbocycles. The number of aryl methyl sites for hydroxylation is 1. The Morgan fingerprint density at radius 2 is 1.91 bits per heavy atom. The summed E-state index contributed by atoms with van der Waals surface area (Å²) in [7, 11) is 0. The van der Waals surface area contributed by atoms with Gasteiger partial charge in [0, 0.05) is 18.4 Å². The van der Waals surface area contributed by atoms with Crippen molar-refractivity contribution in [3.8, 4) is 0 Å². The van der Waals surface area contributed by atoms with Gasteiger partial charge in [-0.05, 0) is 42.7 Å². The van der Waals surface area contributed by atoms with Crippen molar-refractivity contribution in [3.05, 3.63) is 69.3 Å². The van der Waals surface area contributed by atoms with Crippen LogP contribution in [-0.4, -0.2) is 22.5 Å². The van der Waals surface area contributed by atoms with Gasteiger partial charge in [-0.1, -0.05) is 18.2 Å². The molecule has 0 bridgehead atoms. The summed E-state index contributed by atoms with van der Waals surface area (Å²) in [6.07, 6.45) is 0.539. The standard InChI is InChI=1S/C16H16N2O4/c1-11-2-7-15(18(21)22)14(10-11)16(20)17-13-5-3-12(4-6-13)8-9-19/h2-7,10,19H,8-9H2,1H3,(H,17,20). The monoisotopic (exact) mass is 300 g/mol. The summed E-state index contributed by atoms with van der Waals surface area (Å²) in [6, 6.07) is 11.4. The molecule has 0 atom stereocenters. The molecule has 0 aliphatic rings. The lowest BCUT2D eigenvalue weighted by atomic mass is 10.1. The van der Waals surface area contributed by atoms with Crippen molar-refractivity contribution < 1.29 is 14.8 Å². The fraction of sp³-hybridized carbons (Fsp3) is 0.188. The van der Waals surface area contributed by atoms with Gasteiger partial charge in [0.2, 0.25) is 0 Å². The van der Waals surface area contributed by atoms with Crippen molar-refractivity contribution in [1.29, 1.82) is 0 Å². The quantitative estimate of drug-likeness (QED) is 0.656. The molecule has 6 heteroatoms. The number of anilines is 1. The summed E-state index contributed by atoms with van der Waals surface area (Å²) < 4.78 is 0. The van der Waals surface area contributed by atoms with Gasteiger partial charge in [-0.3, -0.25) is 14.9 Å². The van der Waals surface area contributed by atoms with E-state index in [2.05, 4.69) is 5.32 Å². The second-order valence-electron chi connectivity index (χ2n) is 4.90. The summed E-state index contributed by atoms with van der Waals surface area (Å²) in [5.74, 6) is -0.523. The summed E-state index contributed by atoms with van der Waals surface area (Å²) in [6.45, 7) is 1.82. The Kier molecular flexibility index (Phi) is 4.85. The molecule has 2 N–H and O–H groups in total. The maximum Gasteiger partial charge on any atom is 0.282 e. The number of benzene rings is 2. The largest absolute Gasteiger partial charge is 0.396 e. The molecule has 22 heavy (non-hydrogen) atoms. The van der Waals surface area contributed by atoms with Crippen LogP contribution in [0.2, 0.25) is 0 Å². The van der Waals surface area contributed by atoms with Gasteiger partial charge < -0.3 is 10.4 Å². The second kappa shape index (κ2) is 6.82. The smallest absolute Gasteiger partial charge is 0.282 e. The SMILES string of the molecule is Cc1ccc([N+](=O)[O-])c(C(=O)Nc2ccc(CCO)cc2)c1. The molecule has 2 rings (SSSR count). The summed E-state index contributed by atoms with van der Waals surface area (Å²) in [5, 5.41) is 22.5. The zero-order chi connectivity index (χ0) is 16.1. The van der Waals surface area contributed by atoms with E-state index < -0.39 is 10.8 Å². The minimum atomic E-state index is -0.571. The number of hydrogen-bond acceptors (Lipinski definition) is 4. The van der Waals surface area contributed by atoms with E-state index in [1.54, 1.807) is 37.3 Å². The Hall–Kier alpha value is -2.73. The zero-order valence-corrected chi connectivity index (χ0v) is 12.1. The highest BCUT2D eigenvalue weighted by Gasteiger charge is 2.20. The number of rotatable bonds is 5. The Bertz CT molecular complexity index is 696. The van der Waals surface area contributed by atoms with E-state index in [9.17, 15) is 14.9 Å². The number of nitrogens with one attached hydrogen (secondary N) is 1. The normalized spacial score (nSPS) is 10.3. The first-order chi connectivity index (χ1) is 10.5. The Labute approximate surface area is 127 Å². The number of nitrogens with zero attached hydrogens (tertiary/aromatic N) is 1. The minimum Gasteiger partial charge on any atom is -0.396 e. The number of aliphatic hydroxyl groups excluding tert-OH is 1. The van der Waals surface area contributed by atoms with Crippen LogP contribution in [0.4, 0.5) is 11.4 Å². The summed E-state index contributed by atoms with van der Waals surface area (Å²) in [4.78, 5) is 22.7. The average molecular weight is 300 g/mol. The highest BCUT2D eigenvalue weighted by molar-refractivity contribution is 6.07. The Balaban J connectivity index is 2.22. The second-order valence-corrected chi connectivity index (χ2v) is 4.90. The van der Waals surface area contributed by atoms with Crippen LogP contribution in [0.3, 0.4) is 0 Å². The van der Waals surface area contributed by atoms with Crippen molar-refractivity contribution in [2.45, 2.75) is 13.3 Å². The third-order valence-corrected chi connectivity index (χ3v) is 3.21. The molecule has 0 fully saturated rings. The lowest BCUT2D eigenvalue weighted by Gasteiger charge is -2.07. The number of amides is 1. The predicted molar refractivity (Wildman–Crippen MR) is 83.0 cm³/mol. The van der Waals surface area contributed by atoms with Crippen LogP contribution in [0.25, 0.3) is 0 Å². The highest BCUT2D eigenvalue weighted by Crippen LogP contribution is 2.21. The van der Waals surface area contributed by atoms with Gasteiger partial charge in [-0.25, -0.2) is 0 Å². The number of nitro groups is 1. The fourth-order valence-corrected chi connectivity index (χ4v) is 2.07. The van der Waals surface area contributed by atoms with E-state index in [0.29, 0.717) is 12.1 Å². The van der Waals surface area contributed by atoms with E-state index >= 15 is 0 Å². The molecular weight excluding hydrogens is 284 g/mol. The molecule has 0 aromatic heterocycles. The molecule has 0 unspecified atom stereocenters. The van der Waals surface area contributed by atoms with Crippen LogP contribution in [0.15, 0.2) is 42.5 Å². The summed E-state index contributed by atoms with van der Waals surface area (Å²) >= 11 is 0. The molecule has 114 valence electrons. The first-order valence-electron chi connectivity index (χ1n) is 6.77. The molecular formula is C16H16N2O4. The van der Waals surface area contributed by atoms with Crippen molar-refractivity contribution in [2.24, 2.45) is 0 Å². The molecule has 1 amide bonds. The van der Waals surface area contributed by atoms with Crippen LogP contribution >= 0.6 is 0 Å². The minimum absolute atomic E-state index is 0.0319. The van der Waals surface area contributed by atoms with Crippen LogP contribution in [0, 0.1) is 17.0 Å². The summed E-state index contributed by atoms with van der Waals surface area (Å²) in [5.41, 5.74) is 2.07. The molecule has 0 saturated carbocycles. The average Bonchev–Trinajstić information content (AvgIpc) is 2.49. The fourth-order valence-electron chi connectivity index (χ4n) is 2.07. The lowest BCUT2D eigenvalue weighted by molar-refractivity contribution is -0.385. The zero-order valence-electron chi connectivity index (χ0n) is 12.1. The van der Waals surface area contributed by atoms with Crippen LogP contribution in [0.1, 0.15) is 21.5 Å². The van der Waals surface area contributed by atoms with Crippen LogP contribution in [-0.2, 0) is 6.42 Å². The Morgan fingerprint density at radius 1 is 1.23 bits per heavy atom. The highest BCUT2D eigenvalue weighted by atomic mass is 16.6. The number of carbonyl (C=O) groups excluding carboxylic acids is 1. The molecule has 0 radical (unpaired) electrons. The van der Waals surface area contributed by atoms with Gasteiger partial charge in [-0.15, -0.1) is 0 Å². The number of aliphatic hydroxyl groups is 1. The third-order valence-electron chi connectivity index (χ3n) is 3.21. The maximum atomic E-state index is 12.2. The van der Waals surface area contributed by atoms with Crippen molar-refractivity contribution in [1.82, 2.24) is 0 Å². The predicted octanol–water partition coefficient (Wildman–Crippen LogP) is 2.69. The van der Waals surface area contributed by atoms with E-state index in [-0.39, 0.29) is 17.9 Å². The van der Waals surface area contributed by atoms with E-state index in [4.69, 9.17) is 5.11 Å². The van der Waals surface area contributed by atoms with Gasteiger partial charge >= 0.3 is 0 Å². The Morgan fingerprint density at radius 3 is 2.50 bits per heavy atom. The molecule has 0 heterocycles. The van der Waals surface area contributed by atoms with Gasteiger partial charge in [-0.2, -0.15) is 0 Å². The number of hydrogen-bond donors (Lipinski definition) is 2. The van der Waals surface area contributed by atoms with E-state index in [1.807, 2.05) is 0 Å². The number of nitro benzene ring substituents is 1. The van der Waals surface area contributed by atoms with Crippen molar-refractivity contribution >= 4 is 17.3 Å². The van der Waals surface area contributed by atoms with Crippen molar-refractivity contribution in [2.75, 3.05) is 11.9 Å². The molecule has 0 spiro atoms. The van der Waals surface area contributed by atoms with E-state index in [1.165, 1.54) is 12.1 Å². The first-order valence-corrected chi connectivity index (χ1v) is 6.77. The topological polar surface area (TPSA) is 92.5 Å². The van der Waals surface area contributed by atoms with Crippen LogP contribution in [0.5, 0.6) is 0 Å². The van der Waals surface area contributed by atoms with Gasteiger partial charge in [0.25, 0.3) is 11.6 Å². The first kappa shape index (κ1) is 15.7. The molecule has 0 saturated heterocycles. The molecule has 2 aromatic rings. The molecule has 6 nitrogen and oxygen atoms in total. The van der Waals surface area contributed by atoms with E-state index in [0.717, 1.165) is 11.1 Å².